The molecule has 0 spiro atoms. The van der Waals surface area contributed by atoms with E-state index in [9.17, 15) is 27.2 Å². The van der Waals surface area contributed by atoms with Crippen LogP contribution in [0, 0.1) is 11.7 Å². The maximum atomic E-state index is 13.6. The standard InChI is InChI=1S/C24H15ClF4N2O3/c25-18-11-10-16(12-17(18)24(27,28)29)30-22(32)19-20(13-6-8-14(26)9-7-13)31(34-21(19)23(30)33)15-4-2-1-3-5-15/h1-12,19-21H/t19-,20+,21+/m0/s1. The number of halogens is 5. The molecular formula is C24H15ClF4N2O3. The lowest BCUT2D eigenvalue weighted by molar-refractivity contribution is -0.137. The molecular weight excluding hydrogens is 476 g/mol. The van der Waals surface area contributed by atoms with Gasteiger partial charge in [-0.3, -0.25) is 14.4 Å². The van der Waals surface area contributed by atoms with E-state index < -0.39 is 52.5 Å². The van der Waals surface area contributed by atoms with Gasteiger partial charge < -0.3 is 0 Å². The van der Waals surface area contributed by atoms with Gasteiger partial charge >= 0.3 is 6.18 Å². The van der Waals surface area contributed by atoms with Gasteiger partial charge in [-0.05, 0) is 48.0 Å². The van der Waals surface area contributed by atoms with Crippen LogP contribution in [0.15, 0.2) is 72.8 Å². The summed E-state index contributed by atoms with van der Waals surface area (Å²) in [6, 6.07) is 16.1. The molecule has 0 aliphatic carbocycles. The molecule has 2 aliphatic heterocycles. The third-order valence-electron chi connectivity index (χ3n) is 5.85. The van der Waals surface area contributed by atoms with Gasteiger partial charge in [0.25, 0.3) is 5.91 Å². The summed E-state index contributed by atoms with van der Waals surface area (Å²) in [4.78, 5) is 33.3. The second-order valence-corrected chi connectivity index (χ2v) is 8.29. The zero-order chi connectivity index (χ0) is 24.2. The van der Waals surface area contributed by atoms with Gasteiger partial charge in [-0.2, -0.15) is 13.2 Å². The summed E-state index contributed by atoms with van der Waals surface area (Å²) in [5.41, 5.74) is -0.350. The molecule has 0 aromatic heterocycles. The van der Waals surface area contributed by atoms with Crippen molar-refractivity contribution in [2.45, 2.75) is 18.3 Å². The van der Waals surface area contributed by atoms with E-state index in [4.69, 9.17) is 16.4 Å². The Labute approximate surface area is 196 Å². The van der Waals surface area contributed by atoms with Crippen LogP contribution in [0.25, 0.3) is 0 Å². The Balaban J connectivity index is 1.57. The molecule has 2 heterocycles. The van der Waals surface area contributed by atoms with Crippen molar-refractivity contribution in [3.63, 3.8) is 0 Å². The molecule has 3 aromatic rings. The molecule has 0 unspecified atom stereocenters. The van der Waals surface area contributed by atoms with Crippen LogP contribution < -0.4 is 9.96 Å². The van der Waals surface area contributed by atoms with Crippen LogP contribution in [0.3, 0.4) is 0 Å². The first kappa shape index (κ1) is 22.4. The number of fused-ring (bicyclic) bond motifs is 1. The highest BCUT2D eigenvalue weighted by molar-refractivity contribution is 6.31. The van der Waals surface area contributed by atoms with E-state index in [1.54, 1.807) is 30.3 Å². The maximum Gasteiger partial charge on any atom is 0.417 e. The van der Waals surface area contributed by atoms with E-state index in [1.165, 1.54) is 35.4 Å². The quantitative estimate of drug-likeness (QED) is 0.357. The first-order valence-electron chi connectivity index (χ1n) is 10.2. The molecule has 0 bridgehead atoms. The second kappa shape index (κ2) is 8.11. The van der Waals surface area contributed by atoms with E-state index in [0.29, 0.717) is 22.2 Å². The maximum absolute atomic E-state index is 13.6. The molecule has 2 amide bonds. The van der Waals surface area contributed by atoms with Gasteiger partial charge in [0, 0.05) is 0 Å². The molecule has 2 fully saturated rings. The molecule has 0 radical (unpaired) electrons. The summed E-state index contributed by atoms with van der Waals surface area (Å²) in [6.45, 7) is 0. The Kier molecular flexibility index (Phi) is 5.33. The molecule has 5 rings (SSSR count). The fraction of sp³-hybridized carbons (Fsp3) is 0.167. The Morgan fingerprint density at radius 1 is 0.853 bits per heavy atom. The third-order valence-corrected chi connectivity index (χ3v) is 6.18. The number of alkyl halides is 3. The highest BCUT2D eigenvalue weighted by atomic mass is 35.5. The Morgan fingerprint density at radius 3 is 2.18 bits per heavy atom. The van der Waals surface area contributed by atoms with E-state index >= 15 is 0 Å². The van der Waals surface area contributed by atoms with Crippen LogP contribution >= 0.6 is 11.6 Å². The van der Waals surface area contributed by atoms with Crippen molar-refractivity contribution in [1.82, 2.24) is 0 Å². The predicted molar refractivity (Wildman–Crippen MR) is 115 cm³/mol. The van der Waals surface area contributed by atoms with E-state index in [2.05, 4.69) is 0 Å². The average molecular weight is 491 g/mol. The second-order valence-electron chi connectivity index (χ2n) is 7.88. The van der Waals surface area contributed by atoms with Gasteiger partial charge in [0.1, 0.15) is 11.7 Å². The monoisotopic (exact) mass is 490 g/mol. The van der Waals surface area contributed by atoms with Crippen molar-refractivity contribution in [1.29, 1.82) is 0 Å². The molecule has 5 nitrogen and oxygen atoms in total. The number of hydroxylamine groups is 1. The van der Waals surface area contributed by atoms with Gasteiger partial charge in [-0.1, -0.05) is 41.9 Å². The minimum absolute atomic E-state index is 0.256. The molecule has 0 N–H and O–H groups in total. The van der Waals surface area contributed by atoms with Crippen LogP contribution in [-0.2, 0) is 20.6 Å². The van der Waals surface area contributed by atoms with Gasteiger partial charge in [0.05, 0.1) is 28.0 Å². The minimum atomic E-state index is -4.77. The minimum Gasteiger partial charge on any atom is -0.273 e. The van der Waals surface area contributed by atoms with Gasteiger partial charge in [0.15, 0.2) is 6.10 Å². The molecule has 174 valence electrons. The fourth-order valence-corrected chi connectivity index (χ4v) is 4.56. The van der Waals surface area contributed by atoms with Crippen LogP contribution in [0.5, 0.6) is 0 Å². The number of hydrogen-bond acceptors (Lipinski definition) is 4. The van der Waals surface area contributed by atoms with Gasteiger partial charge in [-0.15, -0.1) is 0 Å². The zero-order valence-electron chi connectivity index (χ0n) is 17.2. The summed E-state index contributed by atoms with van der Waals surface area (Å²) in [5, 5.41) is 0.866. The highest BCUT2D eigenvalue weighted by Gasteiger charge is 2.60. The molecule has 34 heavy (non-hydrogen) atoms. The van der Waals surface area contributed by atoms with Crippen LogP contribution in [0.4, 0.5) is 28.9 Å². The lowest BCUT2D eigenvalue weighted by Crippen LogP contribution is -2.37. The summed E-state index contributed by atoms with van der Waals surface area (Å²) >= 11 is 5.69. The lowest BCUT2D eigenvalue weighted by Gasteiger charge is -2.29. The number of nitrogens with zero attached hydrogens (tertiary/aromatic N) is 2. The van der Waals surface area contributed by atoms with Crippen LogP contribution in [0.2, 0.25) is 5.02 Å². The lowest BCUT2D eigenvalue weighted by atomic mass is 9.90. The van der Waals surface area contributed by atoms with Crippen molar-refractivity contribution < 1.29 is 32.0 Å². The highest BCUT2D eigenvalue weighted by Crippen LogP contribution is 2.48. The van der Waals surface area contributed by atoms with Crippen LogP contribution in [-0.4, -0.2) is 17.9 Å². The Hall–Kier alpha value is -3.43. The number of amides is 2. The number of carbonyl (C=O) groups excluding carboxylic acids is 2. The molecule has 10 heteroatoms. The van der Waals surface area contributed by atoms with E-state index in [-0.39, 0.29) is 5.69 Å². The van der Waals surface area contributed by atoms with Gasteiger partial charge in [0.2, 0.25) is 5.91 Å². The van der Waals surface area contributed by atoms with Crippen molar-refractivity contribution in [3.05, 3.63) is 94.8 Å². The normalized spacial score (nSPS) is 22.4. The van der Waals surface area contributed by atoms with Crippen molar-refractivity contribution in [2.75, 3.05) is 9.96 Å². The van der Waals surface area contributed by atoms with Crippen molar-refractivity contribution in [2.24, 2.45) is 5.92 Å². The zero-order valence-corrected chi connectivity index (χ0v) is 17.9. The number of para-hydroxylation sites is 1. The SMILES string of the molecule is O=C1[C@H]2[C@@H](c3ccc(F)cc3)N(c3ccccc3)O[C@H]2C(=O)N1c1ccc(Cl)c(C(F)(F)F)c1. The molecule has 3 aromatic carbocycles. The first-order valence-corrected chi connectivity index (χ1v) is 10.6. The molecule has 3 atom stereocenters. The largest absolute Gasteiger partial charge is 0.417 e. The first-order chi connectivity index (χ1) is 16.2. The predicted octanol–water partition coefficient (Wildman–Crippen LogP) is 5.55. The van der Waals surface area contributed by atoms with Gasteiger partial charge in [-0.25, -0.2) is 14.4 Å². The summed E-state index contributed by atoms with van der Waals surface area (Å²) in [7, 11) is 0. The number of imide groups is 1. The smallest absolute Gasteiger partial charge is 0.273 e. The Morgan fingerprint density at radius 2 is 1.53 bits per heavy atom. The number of anilines is 2. The van der Waals surface area contributed by atoms with Crippen LogP contribution in [0.1, 0.15) is 17.2 Å². The topological polar surface area (TPSA) is 49.9 Å². The number of benzene rings is 3. The van der Waals surface area contributed by atoms with E-state index in [1.807, 2.05) is 0 Å². The number of rotatable bonds is 3. The molecule has 2 aliphatic rings. The summed E-state index contributed by atoms with van der Waals surface area (Å²) in [5.74, 6) is -3.07. The number of carbonyl (C=O) groups is 2. The van der Waals surface area contributed by atoms with Crippen molar-refractivity contribution in [3.8, 4) is 0 Å². The average Bonchev–Trinajstić information content (AvgIpc) is 3.31. The third kappa shape index (κ3) is 3.61. The summed E-state index contributed by atoms with van der Waals surface area (Å²) < 4.78 is 53.7. The Bertz CT molecular complexity index is 1270. The summed E-state index contributed by atoms with van der Waals surface area (Å²) in [6.07, 6.45) is -6.04. The number of hydrogen-bond donors (Lipinski definition) is 0. The van der Waals surface area contributed by atoms with Crippen molar-refractivity contribution >= 4 is 34.8 Å². The fourth-order valence-electron chi connectivity index (χ4n) is 4.34. The molecule has 0 saturated carbocycles. The molecule has 2 saturated heterocycles. The van der Waals surface area contributed by atoms with E-state index in [0.717, 1.165) is 6.07 Å².